The molecule has 19 heavy (non-hydrogen) atoms. The summed E-state index contributed by atoms with van der Waals surface area (Å²) in [7, 11) is 2.86. The lowest BCUT2D eigenvalue weighted by atomic mass is 9.98. The molecule has 0 N–H and O–H groups in total. The SMILES string of the molecule is COC(=O)[C@]1(C)C[C@@H](OC)CN1C(=O)OC(C)(C)C. The number of hydrogen-bond donors (Lipinski definition) is 0. The second-order valence-electron chi connectivity index (χ2n) is 5.92. The van der Waals surface area contributed by atoms with Crippen LogP contribution in [0.3, 0.4) is 0 Å². The number of carbonyl (C=O) groups excluding carboxylic acids is 2. The Morgan fingerprint density at radius 2 is 1.84 bits per heavy atom. The summed E-state index contributed by atoms with van der Waals surface area (Å²) in [4.78, 5) is 25.5. The second kappa shape index (κ2) is 5.36. The molecule has 1 aliphatic rings. The fraction of sp³-hybridized carbons (Fsp3) is 0.846. The first-order valence-corrected chi connectivity index (χ1v) is 6.26. The fourth-order valence-electron chi connectivity index (χ4n) is 2.19. The van der Waals surface area contributed by atoms with Crippen molar-refractivity contribution in [3.05, 3.63) is 0 Å². The maximum absolute atomic E-state index is 12.2. The van der Waals surface area contributed by atoms with E-state index in [0.29, 0.717) is 13.0 Å². The van der Waals surface area contributed by atoms with E-state index in [2.05, 4.69) is 0 Å². The van der Waals surface area contributed by atoms with Crippen LogP contribution in [-0.4, -0.2) is 55.0 Å². The Balaban J connectivity index is 2.95. The predicted molar refractivity (Wildman–Crippen MR) is 68.8 cm³/mol. The molecule has 6 nitrogen and oxygen atoms in total. The van der Waals surface area contributed by atoms with Crippen LogP contribution < -0.4 is 0 Å². The van der Waals surface area contributed by atoms with Gasteiger partial charge in [-0.05, 0) is 27.7 Å². The lowest BCUT2D eigenvalue weighted by Gasteiger charge is -2.33. The third kappa shape index (κ3) is 3.37. The van der Waals surface area contributed by atoms with Crippen LogP contribution in [-0.2, 0) is 19.0 Å². The molecule has 2 atom stereocenters. The largest absolute Gasteiger partial charge is 0.467 e. The first-order chi connectivity index (χ1) is 8.64. The fourth-order valence-corrected chi connectivity index (χ4v) is 2.19. The number of esters is 1. The smallest absolute Gasteiger partial charge is 0.411 e. The molecule has 0 aromatic heterocycles. The highest BCUT2D eigenvalue weighted by atomic mass is 16.6. The van der Waals surface area contributed by atoms with Crippen LogP contribution in [0.4, 0.5) is 4.79 Å². The number of rotatable bonds is 2. The Kier molecular flexibility index (Phi) is 4.45. The molecule has 1 saturated heterocycles. The van der Waals surface area contributed by atoms with Gasteiger partial charge in [0.2, 0.25) is 0 Å². The topological polar surface area (TPSA) is 65.1 Å². The first-order valence-electron chi connectivity index (χ1n) is 6.26. The molecule has 0 aromatic rings. The highest BCUT2D eigenvalue weighted by molar-refractivity contribution is 5.86. The number of ether oxygens (including phenoxy) is 3. The zero-order valence-corrected chi connectivity index (χ0v) is 12.5. The van der Waals surface area contributed by atoms with E-state index in [1.54, 1.807) is 34.8 Å². The van der Waals surface area contributed by atoms with E-state index in [4.69, 9.17) is 14.2 Å². The van der Waals surface area contributed by atoms with Crippen LogP contribution in [0.25, 0.3) is 0 Å². The van der Waals surface area contributed by atoms with Crippen LogP contribution in [0.1, 0.15) is 34.1 Å². The van der Waals surface area contributed by atoms with Crippen molar-refractivity contribution in [2.24, 2.45) is 0 Å². The summed E-state index contributed by atoms with van der Waals surface area (Å²) >= 11 is 0. The lowest BCUT2D eigenvalue weighted by molar-refractivity contribution is -0.152. The van der Waals surface area contributed by atoms with Crippen LogP contribution in [0.2, 0.25) is 0 Å². The number of methoxy groups -OCH3 is 2. The molecular formula is C13H23NO5. The van der Waals surface area contributed by atoms with Gasteiger partial charge in [0.25, 0.3) is 0 Å². The quantitative estimate of drug-likeness (QED) is 0.715. The standard InChI is InChI=1S/C13H23NO5/c1-12(2,3)19-11(16)14-8-9(17-5)7-13(14,4)10(15)18-6/h9H,7-8H2,1-6H3/t9-,13+/m1/s1. The molecule has 0 bridgehead atoms. The van der Waals surface area contributed by atoms with Gasteiger partial charge in [0, 0.05) is 13.5 Å². The summed E-state index contributed by atoms with van der Waals surface area (Å²) in [6, 6.07) is 0. The Hall–Kier alpha value is -1.30. The molecule has 1 fully saturated rings. The Bertz CT molecular complexity index is 363. The van der Waals surface area contributed by atoms with Crippen molar-refractivity contribution >= 4 is 12.1 Å². The molecule has 1 heterocycles. The normalized spacial score (nSPS) is 27.3. The molecule has 0 unspecified atom stereocenters. The van der Waals surface area contributed by atoms with E-state index in [-0.39, 0.29) is 6.10 Å². The number of likely N-dealkylation sites (tertiary alicyclic amines) is 1. The van der Waals surface area contributed by atoms with Gasteiger partial charge in [0.05, 0.1) is 19.8 Å². The predicted octanol–water partition coefficient (Wildman–Crippen LogP) is 1.57. The number of amides is 1. The summed E-state index contributed by atoms with van der Waals surface area (Å²) in [5, 5.41) is 0. The Morgan fingerprint density at radius 1 is 1.26 bits per heavy atom. The van der Waals surface area contributed by atoms with E-state index in [0.717, 1.165) is 0 Å². The van der Waals surface area contributed by atoms with E-state index in [9.17, 15) is 9.59 Å². The van der Waals surface area contributed by atoms with Gasteiger partial charge in [-0.3, -0.25) is 4.90 Å². The van der Waals surface area contributed by atoms with E-state index in [1.807, 2.05) is 0 Å². The summed E-state index contributed by atoms with van der Waals surface area (Å²) in [6.45, 7) is 7.33. The van der Waals surface area contributed by atoms with Gasteiger partial charge in [-0.2, -0.15) is 0 Å². The van der Waals surface area contributed by atoms with Crippen molar-refractivity contribution in [3.8, 4) is 0 Å². The molecule has 1 aliphatic heterocycles. The highest BCUT2D eigenvalue weighted by Gasteiger charge is 2.52. The van der Waals surface area contributed by atoms with Crippen molar-refractivity contribution in [1.29, 1.82) is 0 Å². The minimum atomic E-state index is -1.04. The third-order valence-electron chi connectivity index (χ3n) is 3.18. The lowest BCUT2D eigenvalue weighted by Crippen LogP contribution is -2.52. The average Bonchev–Trinajstić information content (AvgIpc) is 2.64. The van der Waals surface area contributed by atoms with Crippen LogP contribution in [0.15, 0.2) is 0 Å². The molecule has 110 valence electrons. The second-order valence-corrected chi connectivity index (χ2v) is 5.92. The summed E-state index contributed by atoms with van der Waals surface area (Å²) in [5.41, 5.74) is -1.66. The maximum Gasteiger partial charge on any atom is 0.411 e. The van der Waals surface area contributed by atoms with Crippen molar-refractivity contribution in [2.45, 2.75) is 51.4 Å². The van der Waals surface area contributed by atoms with Crippen molar-refractivity contribution in [1.82, 2.24) is 4.90 Å². The van der Waals surface area contributed by atoms with Gasteiger partial charge >= 0.3 is 12.1 Å². The third-order valence-corrected chi connectivity index (χ3v) is 3.18. The van der Waals surface area contributed by atoms with Crippen molar-refractivity contribution in [2.75, 3.05) is 20.8 Å². The summed E-state index contributed by atoms with van der Waals surface area (Å²) < 4.78 is 15.4. The minimum absolute atomic E-state index is 0.198. The van der Waals surface area contributed by atoms with Crippen LogP contribution in [0.5, 0.6) is 0 Å². The van der Waals surface area contributed by atoms with Gasteiger partial charge < -0.3 is 14.2 Å². The molecule has 0 radical (unpaired) electrons. The van der Waals surface area contributed by atoms with E-state index < -0.39 is 23.2 Å². The van der Waals surface area contributed by atoms with Gasteiger partial charge in [-0.1, -0.05) is 0 Å². The first kappa shape index (κ1) is 15.8. The maximum atomic E-state index is 12.2. The zero-order chi connectivity index (χ0) is 14.8. The van der Waals surface area contributed by atoms with Crippen LogP contribution >= 0.6 is 0 Å². The van der Waals surface area contributed by atoms with E-state index >= 15 is 0 Å². The minimum Gasteiger partial charge on any atom is -0.467 e. The Morgan fingerprint density at radius 3 is 2.26 bits per heavy atom. The number of carbonyl (C=O) groups is 2. The molecule has 1 rings (SSSR count). The van der Waals surface area contributed by atoms with Gasteiger partial charge in [0.1, 0.15) is 11.1 Å². The molecule has 0 saturated carbocycles. The van der Waals surface area contributed by atoms with Crippen molar-refractivity contribution in [3.63, 3.8) is 0 Å². The molecule has 0 aliphatic carbocycles. The van der Waals surface area contributed by atoms with E-state index in [1.165, 1.54) is 12.0 Å². The molecule has 1 amide bonds. The number of nitrogens with zero attached hydrogens (tertiary/aromatic N) is 1. The van der Waals surface area contributed by atoms with Gasteiger partial charge in [-0.25, -0.2) is 9.59 Å². The number of hydrogen-bond acceptors (Lipinski definition) is 5. The van der Waals surface area contributed by atoms with Crippen LogP contribution in [0, 0.1) is 0 Å². The van der Waals surface area contributed by atoms with Crippen molar-refractivity contribution < 1.29 is 23.8 Å². The molecular weight excluding hydrogens is 250 g/mol. The monoisotopic (exact) mass is 273 g/mol. The summed E-state index contributed by atoms with van der Waals surface area (Å²) in [5.74, 6) is -0.460. The average molecular weight is 273 g/mol. The molecule has 0 spiro atoms. The zero-order valence-electron chi connectivity index (χ0n) is 12.5. The molecule has 6 heteroatoms. The van der Waals surface area contributed by atoms with Gasteiger partial charge in [-0.15, -0.1) is 0 Å². The Labute approximate surface area is 114 Å². The summed E-state index contributed by atoms with van der Waals surface area (Å²) in [6.07, 6.45) is -0.327. The molecule has 0 aromatic carbocycles. The van der Waals surface area contributed by atoms with Gasteiger partial charge in [0.15, 0.2) is 0 Å². The highest BCUT2D eigenvalue weighted by Crippen LogP contribution is 2.33.